The summed E-state index contributed by atoms with van der Waals surface area (Å²) in [6, 6.07) is 5.90. The van der Waals surface area contributed by atoms with E-state index in [0.717, 1.165) is 18.7 Å². The normalized spacial score (nSPS) is 24.6. The molecule has 1 aliphatic rings. The maximum absolute atomic E-state index is 5.93. The first-order valence-corrected chi connectivity index (χ1v) is 5.95. The van der Waals surface area contributed by atoms with E-state index in [1.54, 1.807) is 6.20 Å². The Kier molecular flexibility index (Phi) is 2.81. The average Bonchev–Trinajstić information content (AvgIpc) is 2.97. The van der Waals surface area contributed by atoms with Gasteiger partial charge in [0.25, 0.3) is 0 Å². The number of hydrogen-bond acceptors (Lipinski definition) is 6. The molecular formula is C12H15N5O. The van der Waals surface area contributed by atoms with Gasteiger partial charge in [0.1, 0.15) is 5.69 Å². The number of likely N-dealkylation sites (tertiary alicyclic amines) is 1. The van der Waals surface area contributed by atoms with Crippen LogP contribution in [0.25, 0.3) is 11.5 Å². The van der Waals surface area contributed by atoms with Crippen LogP contribution >= 0.6 is 0 Å². The second-order valence-corrected chi connectivity index (χ2v) is 4.62. The second kappa shape index (κ2) is 4.47. The van der Waals surface area contributed by atoms with Crippen molar-refractivity contribution in [1.29, 1.82) is 0 Å². The Morgan fingerprint density at radius 2 is 2.33 bits per heavy atom. The van der Waals surface area contributed by atoms with E-state index < -0.39 is 0 Å². The summed E-state index contributed by atoms with van der Waals surface area (Å²) in [7, 11) is 2.02. The molecule has 2 N–H and O–H groups in total. The van der Waals surface area contributed by atoms with Gasteiger partial charge in [-0.05, 0) is 25.6 Å². The number of rotatable bonds is 2. The molecule has 0 amide bonds. The van der Waals surface area contributed by atoms with Crippen molar-refractivity contribution in [3.05, 3.63) is 30.3 Å². The van der Waals surface area contributed by atoms with Gasteiger partial charge in [-0.25, -0.2) is 0 Å². The molecule has 2 aromatic heterocycles. The van der Waals surface area contributed by atoms with Crippen molar-refractivity contribution >= 4 is 0 Å². The summed E-state index contributed by atoms with van der Waals surface area (Å²) in [6.07, 6.45) is 2.56. The molecule has 6 nitrogen and oxygen atoms in total. The van der Waals surface area contributed by atoms with Gasteiger partial charge in [0, 0.05) is 18.8 Å². The van der Waals surface area contributed by atoms with Crippen LogP contribution in [-0.2, 0) is 0 Å². The van der Waals surface area contributed by atoms with Crippen molar-refractivity contribution in [2.24, 2.45) is 5.73 Å². The zero-order valence-electron chi connectivity index (χ0n) is 10.2. The first kappa shape index (κ1) is 11.3. The van der Waals surface area contributed by atoms with E-state index in [9.17, 15) is 0 Å². The van der Waals surface area contributed by atoms with Crippen LogP contribution in [0.1, 0.15) is 18.4 Å². The Balaban J connectivity index is 1.86. The molecule has 0 bridgehead atoms. The standard InChI is InChI=1S/C12H15N5O/c1-17-7-8(13)6-10(17)12-15-11(16-18-12)9-4-2-3-5-14-9/h2-5,8,10H,6-7,13H2,1H3/t8-,10-/m0/s1. The molecule has 0 spiro atoms. The van der Waals surface area contributed by atoms with E-state index in [-0.39, 0.29) is 12.1 Å². The Morgan fingerprint density at radius 3 is 3.00 bits per heavy atom. The zero-order chi connectivity index (χ0) is 12.5. The molecule has 3 heterocycles. The molecule has 0 unspecified atom stereocenters. The first-order chi connectivity index (χ1) is 8.74. The molecule has 0 aromatic carbocycles. The van der Waals surface area contributed by atoms with Crippen molar-refractivity contribution in [2.45, 2.75) is 18.5 Å². The summed E-state index contributed by atoms with van der Waals surface area (Å²) in [5.74, 6) is 1.14. The Morgan fingerprint density at radius 1 is 1.44 bits per heavy atom. The van der Waals surface area contributed by atoms with Crippen molar-refractivity contribution in [3.63, 3.8) is 0 Å². The second-order valence-electron chi connectivity index (χ2n) is 4.62. The van der Waals surface area contributed by atoms with Crippen LogP contribution in [0.5, 0.6) is 0 Å². The highest BCUT2D eigenvalue weighted by molar-refractivity contribution is 5.47. The van der Waals surface area contributed by atoms with Gasteiger partial charge in [-0.2, -0.15) is 4.98 Å². The lowest BCUT2D eigenvalue weighted by Gasteiger charge is -2.13. The number of pyridine rings is 1. The highest BCUT2D eigenvalue weighted by Crippen LogP contribution is 2.29. The quantitative estimate of drug-likeness (QED) is 0.844. The number of likely N-dealkylation sites (N-methyl/N-ethyl adjacent to an activating group) is 1. The van der Waals surface area contributed by atoms with Gasteiger partial charge in [-0.1, -0.05) is 11.2 Å². The molecule has 0 radical (unpaired) electrons. The molecule has 1 fully saturated rings. The van der Waals surface area contributed by atoms with Crippen molar-refractivity contribution < 1.29 is 4.52 Å². The van der Waals surface area contributed by atoms with Crippen LogP contribution < -0.4 is 5.73 Å². The summed E-state index contributed by atoms with van der Waals surface area (Å²) in [5.41, 5.74) is 6.65. The third-order valence-corrected chi connectivity index (χ3v) is 3.20. The van der Waals surface area contributed by atoms with Crippen LogP contribution in [0.3, 0.4) is 0 Å². The Hall–Kier alpha value is -1.79. The van der Waals surface area contributed by atoms with E-state index >= 15 is 0 Å². The van der Waals surface area contributed by atoms with Crippen LogP contribution in [0.15, 0.2) is 28.9 Å². The highest BCUT2D eigenvalue weighted by atomic mass is 16.5. The van der Waals surface area contributed by atoms with Crippen LogP contribution in [0.2, 0.25) is 0 Å². The van der Waals surface area contributed by atoms with Gasteiger partial charge in [-0.15, -0.1) is 0 Å². The predicted molar refractivity (Wildman–Crippen MR) is 65.5 cm³/mol. The van der Waals surface area contributed by atoms with Gasteiger partial charge in [0.05, 0.1) is 6.04 Å². The van der Waals surface area contributed by atoms with E-state index in [1.807, 2.05) is 25.2 Å². The fourth-order valence-corrected chi connectivity index (χ4v) is 2.30. The smallest absolute Gasteiger partial charge is 0.244 e. The molecule has 94 valence electrons. The third-order valence-electron chi connectivity index (χ3n) is 3.20. The molecular weight excluding hydrogens is 230 g/mol. The minimum Gasteiger partial charge on any atom is -0.337 e. The van der Waals surface area contributed by atoms with Gasteiger partial charge in [-0.3, -0.25) is 9.88 Å². The van der Waals surface area contributed by atoms with Crippen LogP contribution in [-0.4, -0.2) is 39.7 Å². The first-order valence-electron chi connectivity index (χ1n) is 5.95. The molecule has 3 rings (SSSR count). The van der Waals surface area contributed by atoms with Crippen molar-refractivity contribution in [1.82, 2.24) is 20.0 Å². The number of hydrogen-bond donors (Lipinski definition) is 1. The summed E-state index contributed by atoms with van der Waals surface area (Å²) in [6.45, 7) is 0.853. The van der Waals surface area contributed by atoms with Crippen LogP contribution in [0.4, 0.5) is 0 Å². The minimum atomic E-state index is 0.116. The molecule has 1 saturated heterocycles. The topological polar surface area (TPSA) is 81.1 Å². The van der Waals surface area contributed by atoms with Gasteiger partial charge in [0.2, 0.25) is 11.7 Å². The van der Waals surface area contributed by atoms with Crippen LogP contribution in [0, 0.1) is 0 Å². The fourth-order valence-electron chi connectivity index (χ4n) is 2.30. The summed E-state index contributed by atoms with van der Waals surface area (Å²) in [5, 5.41) is 3.97. The molecule has 1 aliphatic heterocycles. The third kappa shape index (κ3) is 2.00. The SMILES string of the molecule is CN1C[C@@H](N)C[C@H]1c1nc(-c2ccccn2)no1. The average molecular weight is 245 g/mol. The maximum Gasteiger partial charge on any atom is 0.244 e. The number of nitrogens with two attached hydrogens (primary N) is 1. The molecule has 2 atom stereocenters. The van der Waals surface area contributed by atoms with Gasteiger partial charge >= 0.3 is 0 Å². The Labute approximate surface area is 105 Å². The molecule has 0 aliphatic carbocycles. The Bertz CT molecular complexity index is 526. The van der Waals surface area contributed by atoms with Gasteiger partial charge in [0.15, 0.2) is 0 Å². The van der Waals surface area contributed by atoms with Crippen molar-refractivity contribution in [2.75, 3.05) is 13.6 Å². The predicted octanol–water partition coefficient (Wildman–Crippen LogP) is 0.836. The summed E-state index contributed by atoms with van der Waals surface area (Å²) >= 11 is 0. The van der Waals surface area contributed by atoms with Crippen molar-refractivity contribution in [3.8, 4) is 11.5 Å². The lowest BCUT2D eigenvalue weighted by atomic mass is 10.2. The zero-order valence-corrected chi connectivity index (χ0v) is 10.2. The van der Waals surface area contributed by atoms with Gasteiger partial charge < -0.3 is 10.3 Å². The lowest BCUT2D eigenvalue weighted by molar-refractivity contribution is 0.244. The molecule has 0 saturated carbocycles. The molecule has 18 heavy (non-hydrogen) atoms. The molecule has 6 heteroatoms. The summed E-state index contributed by atoms with van der Waals surface area (Å²) in [4.78, 5) is 10.7. The fraction of sp³-hybridized carbons (Fsp3) is 0.417. The minimum absolute atomic E-state index is 0.116. The van der Waals surface area contributed by atoms with E-state index in [1.165, 1.54) is 0 Å². The van der Waals surface area contributed by atoms with E-state index in [4.69, 9.17) is 10.3 Å². The van der Waals surface area contributed by atoms with E-state index in [2.05, 4.69) is 20.0 Å². The highest BCUT2D eigenvalue weighted by Gasteiger charge is 2.32. The van der Waals surface area contributed by atoms with E-state index in [0.29, 0.717) is 11.7 Å². The summed E-state index contributed by atoms with van der Waals surface area (Å²) < 4.78 is 5.32. The molecule has 2 aromatic rings. The lowest BCUT2D eigenvalue weighted by Crippen LogP contribution is -2.24. The number of aromatic nitrogens is 3. The maximum atomic E-state index is 5.93. The largest absolute Gasteiger partial charge is 0.337 e. The monoisotopic (exact) mass is 245 g/mol. The number of nitrogens with zero attached hydrogens (tertiary/aromatic N) is 4.